The molecular formula is C23H27ClN6O3. The minimum atomic E-state index is -0.428. The summed E-state index contributed by atoms with van der Waals surface area (Å²) in [7, 11) is 1.59. The van der Waals surface area contributed by atoms with E-state index in [1.54, 1.807) is 20.0 Å². The van der Waals surface area contributed by atoms with Crippen LogP contribution in [-0.2, 0) is 13.1 Å². The Hall–Kier alpha value is -3.17. The number of benzene rings is 1. The minimum absolute atomic E-state index is 0.196. The average molecular weight is 471 g/mol. The average Bonchev–Trinajstić information content (AvgIpc) is 2.79. The van der Waals surface area contributed by atoms with E-state index in [2.05, 4.69) is 25.1 Å². The Morgan fingerprint density at radius 2 is 1.91 bits per heavy atom. The zero-order chi connectivity index (χ0) is 23.7. The first-order valence-corrected chi connectivity index (χ1v) is 11.3. The molecule has 0 atom stereocenters. The van der Waals surface area contributed by atoms with Crippen LogP contribution in [0.1, 0.15) is 28.7 Å². The maximum absolute atomic E-state index is 12.6. The van der Waals surface area contributed by atoms with Gasteiger partial charge >= 0.3 is 5.69 Å². The molecule has 0 radical (unpaired) electrons. The number of nitrogens with one attached hydrogen (secondary N) is 2. The number of carbonyl (C=O) groups is 1. The maximum Gasteiger partial charge on any atom is 0.328 e. The molecule has 1 fully saturated rings. The van der Waals surface area contributed by atoms with Crippen LogP contribution in [0.5, 0.6) is 0 Å². The first kappa shape index (κ1) is 23.0. The lowest BCUT2D eigenvalue weighted by Gasteiger charge is -2.36. The second-order valence-corrected chi connectivity index (χ2v) is 8.53. The third-order valence-electron chi connectivity index (χ3n) is 6.05. The van der Waals surface area contributed by atoms with Crippen LogP contribution in [0.3, 0.4) is 0 Å². The molecule has 1 saturated heterocycles. The number of carbonyl (C=O) groups excluding carboxylic acids is 1. The van der Waals surface area contributed by atoms with E-state index in [-0.39, 0.29) is 18.0 Å². The van der Waals surface area contributed by atoms with Gasteiger partial charge in [0.05, 0.1) is 27.3 Å². The topological polar surface area (TPSA) is 103 Å². The van der Waals surface area contributed by atoms with Gasteiger partial charge < -0.3 is 15.2 Å². The van der Waals surface area contributed by atoms with E-state index in [0.717, 1.165) is 47.7 Å². The van der Waals surface area contributed by atoms with Gasteiger partial charge in [-0.25, -0.2) is 9.78 Å². The summed E-state index contributed by atoms with van der Waals surface area (Å²) in [5.41, 5.74) is 2.88. The highest BCUT2D eigenvalue weighted by atomic mass is 35.5. The molecule has 1 amide bonds. The van der Waals surface area contributed by atoms with Crippen molar-refractivity contribution < 1.29 is 4.79 Å². The number of aromatic nitrogens is 3. The van der Waals surface area contributed by atoms with Crippen molar-refractivity contribution in [2.24, 2.45) is 0 Å². The quantitative estimate of drug-likeness (QED) is 0.589. The first-order valence-electron chi connectivity index (χ1n) is 10.9. The fourth-order valence-electron chi connectivity index (χ4n) is 4.31. The van der Waals surface area contributed by atoms with E-state index in [4.69, 9.17) is 11.6 Å². The van der Waals surface area contributed by atoms with Gasteiger partial charge in [-0.1, -0.05) is 11.6 Å². The number of piperazine rings is 1. The van der Waals surface area contributed by atoms with Gasteiger partial charge in [0, 0.05) is 46.3 Å². The normalized spacial score (nSPS) is 14.6. The van der Waals surface area contributed by atoms with E-state index in [1.165, 1.54) is 0 Å². The summed E-state index contributed by atoms with van der Waals surface area (Å²) in [6, 6.07) is 7.34. The van der Waals surface area contributed by atoms with Gasteiger partial charge in [-0.3, -0.25) is 19.1 Å². The van der Waals surface area contributed by atoms with E-state index in [1.807, 2.05) is 25.1 Å². The highest BCUT2D eigenvalue weighted by molar-refractivity contribution is 6.35. The van der Waals surface area contributed by atoms with Crippen LogP contribution >= 0.6 is 11.6 Å². The molecule has 9 nitrogen and oxygen atoms in total. The molecular weight excluding hydrogens is 444 g/mol. The number of pyridine rings is 1. The van der Waals surface area contributed by atoms with E-state index >= 15 is 0 Å². The number of nitrogens with zero attached hydrogens (tertiary/aromatic N) is 4. The standard InChI is InChI=1S/C23H27ClN6O3/c1-4-30-22(32)20-16(24)11-15(12-18(20)27-23(30)33)13-28-7-9-29(10-8-28)19-6-5-17(21(31)25-3)26-14(19)2/h5-6,11-12H,4,7-10,13H2,1-3H3,(H,25,31)(H,27,33). The molecule has 0 saturated carbocycles. The van der Waals surface area contributed by atoms with Crippen LogP contribution in [0.15, 0.2) is 33.9 Å². The van der Waals surface area contributed by atoms with E-state index in [9.17, 15) is 14.4 Å². The highest BCUT2D eigenvalue weighted by Gasteiger charge is 2.21. The molecule has 0 spiro atoms. The van der Waals surface area contributed by atoms with Crippen LogP contribution in [0.4, 0.5) is 5.69 Å². The van der Waals surface area contributed by atoms with Crippen molar-refractivity contribution in [2.75, 3.05) is 38.1 Å². The molecule has 3 heterocycles. The fourth-order valence-corrected chi connectivity index (χ4v) is 4.64. The fraction of sp³-hybridized carbons (Fsp3) is 0.391. The van der Waals surface area contributed by atoms with Crippen molar-refractivity contribution >= 4 is 34.1 Å². The molecule has 0 unspecified atom stereocenters. The summed E-state index contributed by atoms with van der Waals surface area (Å²) in [6.07, 6.45) is 0. The van der Waals surface area contributed by atoms with Crippen LogP contribution in [-0.4, -0.2) is 58.6 Å². The Labute approximate surface area is 196 Å². The molecule has 3 aromatic rings. The van der Waals surface area contributed by atoms with E-state index in [0.29, 0.717) is 28.2 Å². The summed E-state index contributed by atoms with van der Waals surface area (Å²) in [5.74, 6) is -0.196. The second kappa shape index (κ2) is 9.36. The molecule has 1 aliphatic rings. The van der Waals surface area contributed by atoms with Gasteiger partial charge in [0.2, 0.25) is 0 Å². The number of amides is 1. The van der Waals surface area contributed by atoms with Gasteiger partial charge in [-0.15, -0.1) is 0 Å². The van der Waals surface area contributed by atoms with E-state index < -0.39 is 5.69 Å². The lowest BCUT2D eigenvalue weighted by Crippen LogP contribution is -2.46. The van der Waals surface area contributed by atoms with Crippen molar-refractivity contribution in [3.63, 3.8) is 0 Å². The predicted molar refractivity (Wildman–Crippen MR) is 129 cm³/mol. The van der Waals surface area contributed by atoms with Gasteiger partial charge in [-0.2, -0.15) is 0 Å². The number of aryl methyl sites for hydroxylation is 1. The Bertz CT molecular complexity index is 1320. The summed E-state index contributed by atoms with van der Waals surface area (Å²) in [5, 5.41) is 3.29. The molecule has 0 aliphatic carbocycles. The minimum Gasteiger partial charge on any atom is -0.368 e. The summed E-state index contributed by atoms with van der Waals surface area (Å²) < 4.78 is 1.14. The van der Waals surface area contributed by atoms with Crippen molar-refractivity contribution in [1.29, 1.82) is 0 Å². The Morgan fingerprint density at radius 1 is 1.18 bits per heavy atom. The number of fused-ring (bicyclic) bond motifs is 1. The highest BCUT2D eigenvalue weighted by Crippen LogP contribution is 2.24. The second-order valence-electron chi connectivity index (χ2n) is 8.12. The molecule has 174 valence electrons. The Kier molecular flexibility index (Phi) is 6.53. The third-order valence-corrected chi connectivity index (χ3v) is 6.35. The van der Waals surface area contributed by atoms with Crippen molar-refractivity contribution in [3.8, 4) is 0 Å². The number of rotatable bonds is 5. The molecule has 33 heavy (non-hydrogen) atoms. The third kappa shape index (κ3) is 4.51. The number of hydrogen-bond donors (Lipinski definition) is 2. The SMILES string of the molecule is CCn1c(=O)[nH]c2cc(CN3CCN(c4ccc(C(=O)NC)nc4C)CC3)cc(Cl)c2c1=O. The first-order chi connectivity index (χ1) is 15.8. The number of halogens is 1. The predicted octanol–water partition coefficient (Wildman–Crippen LogP) is 1.75. The van der Waals surface area contributed by atoms with Crippen LogP contribution < -0.4 is 21.5 Å². The Morgan fingerprint density at radius 3 is 2.55 bits per heavy atom. The van der Waals surface area contributed by atoms with Crippen molar-refractivity contribution in [1.82, 2.24) is 24.8 Å². The van der Waals surface area contributed by atoms with Gasteiger partial charge in [0.15, 0.2) is 0 Å². The van der Waals surface area contributed by atoms with Crippen LogP contribution in [0.25, 0.3) is 10.9 Å². The monoisotopic (exact) mass is 470 g/mol. The van der Waals surface area contributed by atoms with Gasteiger partial charge in [-0.05, 0) is 43.7 Å². The Balaban J connectivity index is 1.48. The smallest absolute Gasteiger partial charge is 0.328 e. The van der Waals surface area contributed by atoms with Crippen LogP contribution in [0.2, 0.25) is 5.02 Å². The molecule has 10 heteroatoms. The van der Waals surface area contributed by atoms with Crippen molar-refractivity contribution in [2.45, 2.75) is 26.9 Å². The number of hydrogen-bond acceptors (Lipinski definition) is 6. The lowest BCUT2D eigenvalue weighted by atomic mass is 10.1. The molecule has 2 aromatic heterocycles. The number of anilines is 1. The largest absolute Gasteiger partial charge is 0.368 e. The number of H-pyrrole nitrogens is 1. The molecule has 4 rings (SSSR count). The van der Waals surface area contributed by atoms with Crippen molar-refractivity contribution in [3.05, 3.63) is 67.1 Å². The lowest BCUT2D eigenvalue weighted by molar-refractivity contribution is 0.0958. The number of aromatic amines is 1. The molecule has 0 bridgehead atoms. The zero-order valence-electron chi connectivity index (χ0n) is 18.9. The molecule has 2 N–H and O–H groups in total. The summed E-state index contributed by atoms with van der Waals surface area (Å²) in [6.45, 7) is 7.92. The van der Waals surface area contributed by atoms with Gasteiger partial charge in [0.25, 0.3) is 11.5 Å². The van der Waals surface area contributed by atoms with Gasteiger partial charge in [0.1, 0.15) is 5.69 Å². The van der Waals surface area contributed by atoms with Crippen LogP contribution in [0, 0.1) is 6.92 Å². The summed E-state index contributed by atoms with van der Waals surface area (Å²) >= 11 is 6.44. The molecule has 1 aromatic carbocycles. The summed E-state index contributed by atoms with van der Waals surface area (Å²) in [4.78, 5) is 48.4. The zero-order valence-corrected chi connectivity index (χ0v) is 19.7. The molecule has 1 aliphatic heterocycles. The maximum atomic E-state index is 12.6.